The van der Waals surface area contributed by atoms with Gasteiger partial charge in [0.1, 0.15) is 17.4 Å². The van der Waals surface area contributed by atoms with E-state index in [1.807, 2.05) is 0 Å². The minimum atomic E-state index is -0.520. The van der Waals surface area contributed by atoms with E-state index in [-0.39, 0.29) is 17.2 Å². The maximum atomic E-state index is 12.4. The number of Topliss-reactive ketones (excluding diaryl/α,β-unsaturated/α-hetero) is 1. The van der Waals surface area contributed by atoms with Gasteiger partial charge in [0.2, 0.25) is 5.88 Å². The highest BCUT2D eigenvalue weighted by Crippen LogP contribution is 2.44. The molecule has 1 aliphatic heterocycles. The van der Waals surface area contributed by atoms with Crippen molar-refractivity contribution in [3.05, 3.63) is 39.2 Å². The number of carbonyl (C=O) groups excluding carboxylic acids is 1. The third-order valence-corrected chi connectivity index (χ3v) is 4.43. The summed E-state index contributed by atoms with van der Waals surface area (Å²) in [4.78, 5) is 12.4. The minimum absolute atomic E-state index is 0.00889. The van der Waals surface area contributed by atoms with E-state index in [2.05, 4.69) is 27.1 Å². The van der Waals surface area contributed by atoms with Crippen molar-refractivity contribution in [2.75, 3.05) is 0 Å². The zero-order valence-corrected chi connectivity index (χ0v) is 13.0. The highest BCUT2D eigenvalue weighted by molar-refractivity contribution is 9.10. The first-order valence-corrected chi connectivity index (χ1v) is 7.35. The molecule has 0 bridgehead atoms. The highest BCUT2D eigenvalue weighted by atomic mass is 79.9. The molecule has 1 aromatic heterocycles. The third-order valence-electron chi connectivity index (χ3n) is 3.82. The predicted octanol–water partition coefficient (Wildman–Crippen LogP) is 2.00. The fraction of sp³-hybridized carbons (Fsp3) is 0.357. The van der Waals surface area contributed by atoms with Crippen LogP contribution in [-0.4, -0.2) is 15.6 Å². The second-order valence-corrected chi connectivity index (χ2v) is 5.89. The van der Waals surface area contributed by atoms with E-state index in [0.29, 0.717) is 24.2 Å². The smallest absolute Gasteiger partial charge is 0.205 e. The first-order chi connectivity index (χ1) is 10.0. The number of hydrogen-bond donors (Lipinski definition) is 1. The van der Waals surface area contributed by atoms with Gasteiger partial charge >= 0.3 is 0 Å². The number of carbonyl (C=O) groups is 1. The van der Waals surface area contributed by atoms with E-state index in [4.69, 9.17) is 10.5 Å². The first kappa shape index (κ1) is 13.9. The molecule has 0 radical (unpaired) electrons. The van der Waals surface area contributed by atoms with Crippen LogP contribution in [0.4, 0.5) is 0 Å². The molecule has 2 heterocycles. The molecule has 1 aromatic rings. The van der Waals surface area contributed by atoms with Gasteiger partial charge in [0, 0.05) is 25.5 Å². The third kappa shape index (κ3) is 2.07. The van der Waals surface area contributed by atoms with Crippen molar-refractivity contribution in [1.29, 1.82) is 5.26 Å². The van der Waals surface area contributed by atoms with E-state index >= 15 is 0 Å². The Bertz CT molecular complexity index is 719. The molecule has 1 atom stereocenters. The summed E-state index contributed by atoms with van der Waals surface area (Å²) in [5.74, 6) is 0.146. The van der Waals surface area contributed by atoms with E-state index in [9.17, 15) is 10.1 Å². The molecule has 0 saturated heterocycles. The number of aromatic nitrogens is 2. The van der Waals surface area contributed by atoms with E-state index in [0.717, 1.165) is 16.6 Å². The van der Waals surface area contributed by atoms with Gasteiger partial charge in [-0.3, -0.25) is 9.48 Å². The molecule has 1 aliphatic carbocycles. The van der Waals surface area contributed by atoms with Gasteiger partial charge in [0.05, 0.1) is 22.3 Å². The number of ether oxygens (including phenoxy) is 1. The van der Waals surface area contributed by atoms with Gasteiger partial charge in [-0.1, -0.05) is 0 Å². The molecule has 0 saturated carbocycles. The van der Waals surface area contributed by atoms with Crippen molar-refractivity contribution in [1.82, 2.24) is 9.78 Å². The van der Waals surface area contributed by atoms with Crippen molar-refractivity contribution in [3.8, 4) is 6.07 Å². The number of halogens is 1. The molecule has 0 unspecified atom stereocenters. The minimum Gasteiger partial charge on any atom is -0.444 e. The number of nitrogens with zero attached hydrogens (tertiary/aromatic N) is 3. The molecular formula is C14H13BrN4O2. The Balaban J connectivity index is 2.25. The molecule has 0 amide bonds. The lowest BCUT2D eigenvalue weighted by molar-refractivity contribution is -0.116. The Morgan fingerprint density at radius 3 is 2.95 bits per heavy atom. The zero-order valence-electron chi connectivity index (χ0n) is 11.4. The summed E-state index contributed by atoms with van der Waals surface area (Å²) in [6.07, 6.45) is 3.51. The van der Waals surface area contributed by atoms with Crippen LogP contribution in [0.15, 0.2) is 33.5 Å². The van der Waals surface area contributed by atoms with Crippen LogP contribution in [0, 0.1) is 11.3 Å². The number of nitrogens with two attached hydrogens (primary N) is 1. The zero-order chi connectivity index (χ0) is 15.1. The topological polar surface area (TPSA) is 93.9 Å². The highest BCUT2D eigenvalue weighted by Gasteiger charge is 2.40. The largest absolute Gasteiger partial charge is 0.444 e. The van der Waals surface area contributed by atoms with Crippen LogP contribution >= 0.6 is 15.9 Å². The molecule has 0 spiro atoms. The van der Waals surface area contributed by atoms with Crippen LogP contribution in [0.5, 0.6) is 0 Å². The Kier molecular flexibility index (Phi) is 3.33. The molecule has 6 nitrogen and oxygen atoms in total. The summed E-state index contributed by atoms with van der Waals surface area (Å²) >= 11 is 3.43. The van der Waals surface area contributed by atoms with Crippen molar-refractivity contribution >= 4 is 21.7 Å². The summed E-state index contributed by atoms with van der Waals surface area (Å²) in [6.45, 7) is 0. The lowest BCUT2D eigenvalue weighted by atomic mass is 9.79. The number of aryl methyl sites for hydroxylation is 1. The Morgan fingerprint density at radius 1 is 1.57 bits per heavy atom. The van der Waals surface area contributed by atoms with E-state index < -0.39 is 5.92 Å². The molecule has 2 N–H and O–H groups in total. The van der Waals surface area contributed by atoms with Gasteiger partial charge in [-0.25, -0.2) is 0 Å². The molecule has 3 rings (SSSR count). The quantitative estimate of drug-likeness (QED) is 0.837. The maximum Gasteiger partial charge on any atom is 0.205 e. The summed E-state index contributed by atoms with van der Waals surface area (Å²) < 4.78 is 7.91. The monoisotopic (exact) mass is 348 g/mol. The maximum absolute atomic E-state index is 12.4. The Labute approximate surface area is 130 Å². The molecule has 21 heavy (non-hydrogen) atoms. The number of nitriles is 1. The van der Waals surface area contributed by atoms with Gasteiger partial charge in [-0.15, -0.1) is 0 Å². The Morgan fingerprint density at radius 2 is 2.33 bits per heavy atom. The molecule has 7 heteroatoms. The SMILES string of the molecule is Cn1ncc(Br)c1[C@H]1C(C#N)=C(N)OC2=C1C(=O)CCC2. The van der Waals surface area contributed by atoms with Crippen LogP contribution < -0.4 is 5.73 Å². The van der Waals surface area contributed by atoms with Crippen molar-refractivity contribution in [3.63, 3.8) is 0 Å². The average molecular weight is 349 g/mol. The number of allylic oxidation sites excluding steroid dienone is 3. The number of rotatable bonds is 1. The van der Waals surface area contributed by atoms with Gasteiger partial charge in [-0.2, -0.15) is 10.4 Å². The lowest BCUT2D eigenvalue weighted by Crippen LogP contribution is -2.28. The molecule has 108 valence electrons. The van der Waals surface area contributed by atoms with Gasteiger partial charge in [-0.05, 0) is 22.4 Å². The fourth-order valence-electron chi connectivity index (χ4n) is 2.87. The Hall–Kier alpha value is -2.07. The molecule has 0 fully saturated rings. The molecule has 2 aliphatic rings. The average Bonchev–Trinajstić information content (AvgIpc) is 2.77. The van der Waals surface area contributed by atoms with Crippen molar-refractivity contribution in [2.45, 2.75) is 25.2 Å². The van der Waals surface area contributed by atoms with Crippen LogP contribution in [-0.2, 0) is 16.6 Å². The van der Waals surface area contributed by atoms with Gasteiger partial charge in [0.25, 0.3) is 0 Å². The summed E-state index contributed by atoms with van der Waals surface area (Å²) in [5.41, 5.74) is 7.42. The van der Waals surface area contributed by atoms with Gasteiger partial charge < -0.3 is 10.5 Å². The first-order valence-electron chi connectivity index (χ1n) is 6.55. The van der Waals surface area contributed by atoms with Gasteiger partial charge in [0.15, 0.2) is 5.78 Å². The summed E-state index contributed by atoms with van der Waals surface area (Å²) in [6, 6.07) is 2.08. The number of ketones is 1. The normalized spacial score (nSPS) is 22.0. The van der Waals surface area contributed by atoms with E-state index in [1.165, 1.54) is 0 Å². The molecular weight excluding hydrogens is 336 g/mol. The number of hydrogen-bond acceptors (Lipinski definition) is 5. The standard InChI is InChI=1S/C14H13BrN4O2/c1-19-13(8(15)6-18-19)11-7(5-16)14(17)21-10-4-2-3-9(20)12(10)11/h6,11H,2-4,17H2,1H3/t11-/m0/s1. The molecule has 0 aromatic carbocycles. The van der Waals surface area contributed by atoms with Crippen LogP contribution in [0.1, 0.15) is 30.9 Å². The van der Waals surface area contributed by atoms with Crippen LogP contribution in [0.3, 0.4) is 0 Å². The predicted molar refractivity (Wildman–Crippen MR) is 77.4 cm³/mol. The second-order valence-electron chi connectivity index (χ2n) is 5.04. The summed E-state index contributed by atoms with van der Waals surface area (Å²) in [7, 11) is 1.77. The second kappa shape index (κ2) is 5.04. The van der Waals surface area contributed by atoms with Crippen molar-refractivity contribution in [2.24, 2.45) is 12.8 Å². The van der Waals surface area contributed by atoms with Crippen LogP contribution in [0.2, 0.25) is 0 Å². The fourth-order valence-corrected chi connectivity index (χ4v) is 3.45. The van der Waals surface area contributed by atoms with Crippen molar-refractivity contribution < 1.29 is 9.53 Å². The summed E-state index contributed by atoms with van der Waals surface area (Å²) in [5, 5.41) is 13.6. The van der Waals surface area contributed by atoms with E-state index in [1.54, 1.807) is 17.9 Å². The van der Waals surface area contributed by atoms with Crippen LogP contribution in [0.25, 0.3) is 0 Å². The lowest BCUT2D eigenvalue weighted by Gasteiger charge is -2.30.